The summed E-state index contributed by atoms with van der Waals surface area (Å²) in [4.78, 5) is 27.9. The largest absolute Gasteiger partial charge is 0.482 e. The Morgan fingerprint density at radius 3 is 2.60 bits per heavy atom. The lowest BCUT2D eigenvalue weighted by atomic mass is 10.0. The third-order valence-corrected chi connectivity index (χ3v) is 7.79. The van der Waals surface area contributed by atoms with Gasteiger partial charge in [-0.25, -0.2) is 4.79 Å². The number of anilines is 1. The van der Waals surface area contributed by atoms with E-state index in [-0.39, 0.29) is 18.5 Å². The highest BCUT2D eigenvalue weighted by Crippen LogP contribution is 2.40. The van der Waals surface area contributed by atoms with E-state index >= 15 is 0 Å². The quantitative estimate of drug-likeness (QED) is 0.293. The van der Waals surface area contributed by atoms with Crippen molar-refractivity contribution in [2.24, 2.45) is 0 Å². The van der Waals surface area contributed by atoms with Crippen LogP contribution in [0.2, 0.25) is 0 Å². The zero-order chi connectivity index (χ0) is 24.4. The monoisotopic (exact) mass is 487 g/mol. The minimum Gasteiger partial charge on any atom is -0.482 e. The molecule has 1 heterocycles. The van der Waals surface area contributed by atoms with Gasteiger partial charge in [-0.2, -0.15) is 0 Å². The number of benzene rings is 3. The minimum absolute atomic E-state index is 0.0611. The van der Waals surface area contributed by atoms with E-state index < -0.39 is 0 Å². The molecule has 0 unspecified atom stereocenters. The van der Waals surface area contributed by atoms with Crippen LogP contribution in [0.5, 0.6) is 5.75 Å². The van der Waals surface area contributed by atoms with Crippen LogP contribution in [0.3, 0.4) is 0 Å². The van der Waals surface area contributed by atoms with Crippen molar-refractivity contribution in [3.63, 3.8) is 0 Å². The zero-order valence-electron chi connectivity index (χ0n) is 20.1. The van der Waals surface area contributed by atoms with Crippen molar-refractivity contribution in [3.8, 4) is 5.75 Å². The number of thioether (sulfide) groups is 1. The van der Waals surface area contributed by atoms with Crippen LogP contribution in [-0.4, -0.2) is 25.1 Å². The number of nitrogens with zero attached hydrogens (tertiary/aromatic N) is 1. The summed E-state index contributed by atoms with van der Waals surface area (Å²) in [6.07, 6.45) is 3.06. The van der Waals surface area contributed by atoms with Crippen LogP contribution in [0.15, 0.2) is 59.5 Å². The molecule has 5 nitrogen and oxygen atoms in total. The van der Waals surface area contributed by atoms with Crippen molar-refractivity contribution in [3.05, 3.63) is 88.0 Å². The second-order valence-electron chi connectivity index (χ2n) is 8.92. The van der Waals surface area contributed by atoms with Gasteiger partial charge in [0.15, 0.2) is 6.61 Å². The predicted octanol–water partition coefficient (Wildman–Crippen LogP) is 5.88. The maximum Gasteiger partial charge on any atom is 0.344 e. The third-order valence-electron chi connectivity index (χ3n) is 6.64. The molecule has 0 aromatic heterocycles. The number of carbonyl (C=O) groups excluding carboxylic acids is 2. The Morgan fingerprint density at radius 1 is 1.00 bits per heavy atom. The van der Waals surface area contributed by atoms with Crippen LogP contribution < -0.4 is 9.64 Å². The van der Waals surface area contributed by atoms with E-state index in [9.17, 15) is 9.59 Å². The summed E-state index contributed by atoms with van der Waals surface area (Å²) in [5, 5.41) is 0. The molecule has 1 aliphatic carbocycles. The number of hydrogen-bond donors (Lipinski definition) is 0. The SMILES string of the molecule is CCOC(=O)COc1ccc(SCc2cccc3c2CN(c2ccc(C)cc2)C3=O)c2c1CCC2. The van der Waals surface area contributed by atoms with Gasteiger partial charge in [-0.05, 0) is 85.7 Å². The Morgan fingerprint density at radius 2 is 1.80 bits per heavy atom. The molecule has 5 rings (SSSR count). The van der Waals surface area contributed by atoms with E-state index in [2.05, 4.69) is 19.1 Å². The number of ether oxygens (including phenoxy) is 2. The summed E-state index contributed by atoms with van der Waals surface area (Å²) in [6.45, 7) is 4.74. The maximum absolute atomic E-state index is 13.1. The zero-order valence-corrected chi connectivity index (χ0v) is 21.0. The van der Waals surface area contributed by atoms with Gasteiger partial charge >= 0.3 is 5.97 Å². The number of hydrogen-bond acceptors (Lipinski definition) is 5. The first-order valence-electron chi connectivity index (χ1n) is 12.1. The Hall–Kier alpha value is -3.25. The predicted molar refractivity (Wildman–Crippen MR) is 138 cm³/mol. The van der Waals surface area contributed by atoms with Gasteiger partial charge in [0, 0.05) is 21.9 Å². The molecule has 0 atom stereocenters. The number of amides is 1. The fraction of sp³-hybridized carbons (Fsp3) is 0.310. The average molecular weight is 488 g/mol. The lowest BCUT2D eigenvalue weighted by molar-refractivity contribution is -0.145. The molecule has 180 valence electrons. The molecule has 35 heavy (non-hydrogen) atoms. The summed E-state index contributed by atoms with van der Waals surface area (Å²) < 4.78 is 10.8. The lowest BCUT2D eigenvalue weighted by Gasteiger charge is -2.16. The van der Waals surface area contributed by atoms with Crippen molar-refractivity contribution in [1.29, 1.82) is 0 Å². The van der Waals surface area contributed by atoms with Gasteiger partial charge in [-0.15, -0.1) is 11.8 Å². The summed E-state index contributed by atoms with van der Waals surface area (Å²) in [6, 6.07) is 18.3. The topological polar surface area (TPSA) is 55.8 Å². The maximum atomic E-state index is 13.1. The van der Waals surface area contributed by atoms with Crippen LogP contribution in [0.1, 0.15) is 51.5 Å². The average Bonchev–Trinajstić information content (AvgIpc) is 3.48. The second-order valence-corrected chi connectivity index (χ2v) is 9.94. The van der Waals surface area contributed by atoms with Crippen LogP contribution in [-0.2, 0) is 34.7 Å². The minimum atomic E-state index is -0.343. The first kappa shape index (κ1) is 23.5. The van der Waals surface area contributed by atoms with Crippen molar-refractivity contribution in [1.82, 2.24) is 0 Å². The smallest absolute Gasteiger partial charge is 0.344 e. The van der Waals surface area contributed by atoms with Crippen LogP contribution in [0.4, 0.5) is 5.69 Å². The second kappa shape index (κ2) is 10.2. The molecule has 6 heteroatoms. The molecule has 0 spiro atoms. The summed E-state index contributed by atoms with van der Waals surface area (Å²) in [7, 11) is 0. The highest BCUT2D eigenvalue weighted by atomic mass is 32.2. The van der Waals surface area contributed by atoms with Crippen molar-refractivity contribution in [2.45, 2.75) is 50.3 Å². The number of rotatable bonds is 8. The molecule has 0 N–H and O–H groups in total. The van der Waals surface area contributed by atoms with Crippen molar-refractivity contribution < 1.29 is 19.1 Å². The third kappa shape index (κ3) is 4.80. The first-order chi connectivity index (χ1) is 17.0. The normalized spacial score (nSPS) is 14.1. The van der Waals surface area contributed by atoms with E-state index in [0.29, 0.717) is 13.2 Å². The fourth-order valence-corrected chi connectivity index (χ4v) is 6.02. The molecule has 0 saturated heterocycles. The van der Waals surface area contributed by atoms with Gasteiger partial charge in [-0.1, -0.05) is 29.8 Å². The Kier molecular flexibility index (Phi) is 6.82. The molecule has 3 aromatic carbocycles. The van der Waals surface area contributed by atoms with Crippen LogP contribution >= 0.6 is 11.8 Å². The highest BCUT2D eigenvalue weighted by Gasteiger charge is 2.30. The summed E-state index contributed by atoms with van der Waals surface area (Å²) in [5.74, 6) is 1.31. The molecule has 0 bridgehead atoms. The molecule has 0 radical (unpaired) electrons. The van der Waals surface area contributed by atoms with E-state index in [1.165, 1.54) is 27.1 Å². The molecule has 0 saturated carbocycles. The van der Waals surface area contributed by atoms with Gasteiger partial charge in [0.1, 0.15) is 5.75 Å². The Balaban J connectivity index is 1.32. The lowest BCUT2D eigenvalue weighted by Crippen LogP contribution is -2.22. The molecule has 1 amide bonds. The molecule has 3 aromatic rings. The number of fused-ring (bicyclic) bond motifs is 2. The van der Waals surface area contributed by atoms with Gasteiger partial charge in [0.25, 0.3) is 5.91 Å². The molecular weight excluding hydrogens is 458 g/mol. The number of aryl methyl sites for hydroxylation is 1. The van der Waals surface area contributed by atoms with Gasteiger partial charge in [0.2, 0.25) is 0 Å². The van der Waals surface area contributed by atoms with Crippen molar-refractivity contribution >= 4 is 29.3 Å². The van der Waals surface area contributed by atoms with E-state index in [1.807, 2.05) is 59.1 Å². The Bertz CT molecular complexity index is 1270. The molecule has 2 aliphatic rings. The van der Waals surface area contributed by atoms with Crippen molar-refractivity contribution in [2.75, 3.05) is 18.1 Å². The molecule has 0 fully saturated rings. The standard InChI is InChI=1S/C29H29NO4S/c1-3-33-28(31)17-34-26-14-15-27(23-8-5-7-22(23)26)35-18-20-6-4-9-24-25(20)16-30(29(24)32)21-12-10-19(2)11-13-21/h4,6,9-15H,3,5,7-8,16-18H2,1-2H3. The number of carbonyl (C=O) groups is 2. The number of esters is 1. The molecule has 1 aliphatic heterocycles. The van der Waals surface area contributed by atoms with E-state index in [4.69, 9.17) is 9.47 Å². The summed E-state index contributed by atoms with van der Waals surface area (Å²) >= 11 is 1.81. The molecular formula is C29H29NO4S. The Labute approximate surface area is 210 Å². The van der Waals surface area contributed by atoms with E-state index in [1.54, 1.807) is 6.92 Å². The van der Waals surface area contributed by atoms with Gasteiger partial charge in [-0.3, -0.25) is 4.79 Å². The van der Waals surface area contributed by atoms with Crippen LogP contribution in [0.25, 0.3) is 0 Å². The fourth-order valence-electron chi connectivity index (χ4n) is 4.87. The van der Waals surface area contributed by atoms with Gasteiger partial charge < -0.3 is 14.4 Å². The summed E-state index contributed by atoms with van der Waals surface area (Å²) in [5.41, 5.74) is 7.77. The van der Waals surface area contributed by atoms with Gasteiger partial charge in [0.05, 0.1) is 13.2 Å². The first-order valence-corrected chi connectivity index (χ1v) is 13.1. The van der Waals surface area contributed by atoms with E-state index in [0.717, 1.165) is 47.6 Å². The van der Waals surface area contributed by atoms with Crippen LogP contribution in [0, 0.1) is 6.92 Å². The highest BCUT2D eigenvalue weighted by molar-refractivity contribution is 7.98.